The topological polar surface area (TPSA) is 55.4 Å². The van der Waals surface area contributed by atoms with Gasteiger partial charge in [0.2, 0.25) is 5.91 Å². The molecular weight excluding hydrogens is 334 g/mol. The largest absolute Gasteiger partial charge is 0.459 e. The first-order valence-corrected chi connectivity index (χ1v) is 8.96. The second kappa shape index (κ2) is 8.12. The van der Waals surface area contributed by atoms with Crippen LogP contribution in [0.25, 0.3) is 6.08 Å². The van der Waals surface area contributed by atoms with Gasteiger partial charge in [-0.2, -0.15) is 0 Å². The zero-order valence-electron chi connectivity index (χ0n) is 15.2. The number of carbonyl (C=O) groups excluding carboxylic acids is 2. The van der Waals surface area contributed by atoms with Gasteiger partial charge in [0.15, 0.2) is 0 Å². The number of nitrogens with one attached hydrogen (secondary N) is 1. The smallest absolute Gasteiger partial charge is 0.341 e. The molecule has 1 aromatic carbocycles. The highest BCUT2D eigenvalue weighted by Crippen LogP contribution is 2.33. The molecule has 1 N–H and O–H groups in total. The van der Waals surface area contributed by atoms with Gasteiger partial charge in [0.05, 0.1) is 11.7 Å². The Labute approximate surface area is 152 Å². The van der Waals surface area contributed by atoms with Crippen LogP contribution in [0.3, 0.4) is 0 Å². The minimum Gasteiger partial charge on any atom is -0.459 e. The van der Waals surface area contributed by atoms with Gasteiger partial charge in [-0.15, -0.1) is 11.3 Å². The van der Waals surface area contributed by atoms with E-state index in [0.717, 1.165) is 16.0 Å². The standard InChI is InChI=1S/C20H23NO3S/c1-12(2)24-20(23)18-14(4)15(5)25-19(18)21-17(22)11-10-16-8-6-13(3)7-9-16/h6-12H,1-5H3,(H,21,22)/b11-10+. The Morgan fingerprint density at radius 3 is 2.36 bits per heavy atom. The van der Waals surface area contributed by atoms with Crippen molar-refractivity contribution >= 4 is 34.3 Å². The second-order valence-electron chi connectivity index (χ2n) is 6.17. The van der Waals surface area contributed by atoms with E-state index in [4.69, 9.17) is 4.74 Å². The van der Waals surface area contributed by atoms with Gasteiger partial charge in [-0.05, 0) is 51.8 Å². The lowest BCUT2D eigenvalue weighted by molar-refractivity contribution is -0.111. The summed E-state index contributed by atoms with van der Waals surface area (Å²) in [6, 6.07) is 7.88. The second-order valence-corrected chi connectivity index (χ2v) is 7.40. The number of esters is 1. The summed E-state index contributed by atoms with van der Waals surface area (Å²) >= 11 is 1.38. The summed E-state index contributed by atoms with van der Waals surface area (Å²) in [6.07, 6.45) is 3.00. The first kappa shape index (κ1) is 18.9. The Morgan fingerprint density at radius 2 is 1.76 bits per heavy atom. The van der Waals surface area contributed by atoms with Crippen LogP contribution in [0.2, 0.25) is 0 Å². The van der Waals surface area contributed by atoms with Gasteiger partial charge >= 0.3 is 5.97 Å². The highest BCUT2D eigenvalue weighted by Gasteiger charge is 2.22. The average Bonchev–Trinajstić information content (AvgIpc) is 2.80. The number of thiophene rings is 1. The van der Waals surface area contributed by atoms with Gasteiger partial charge in [0, 0.05) is 11.0 Å². The number of rotatable bonds is 5. The van der Waals surface area contributed by atoms with Crippen molar-refractivity contribution in [1.82, 2.24) is 0 Å². The lowest BCUT2D eigenvalue weighted by atomic mass is 10.1. The van der Waals surface area contributed by atoms with Crippen molar-refractivity contribution in [3.8, 4) is 0 Å². The van der Waals surface area contributed by atoms with Gasteiger partial charge in [0.1, 0.15) is 5.00 Å². The summed E-state index contributed by atoms with van der Waals surface area (Å²) in [5.74, 6) is -0.685. The molecule has 1 amide bonds. The van der Waals surface area contributed by atoms with Crippen LogP contribution >= 0.6 is 11.3 Å². The highest BCUT2D eigenvalue weighted by atomic mass is 32.1. The van der Waals surface area contributed by atoms with E-state index in [1.807, 2.05) is 45.0 Å². The molecule has 132 valence electrons. The van der Waals surface area contributed by atoms with Crippen LogP contribution in [-0.4, -0.2) is 18.0 Å². The molecule has 0 saturated heterocycles. The van der Waals surface area contributed by atoms with Gasteiger partial charge in [0.25, 0.3) is 0 Å². The zero-order chi connectivity index (χ0) is 18.6. The number of carbonyl (C=O) groups is 2. The molecule has 0 spiro atoms. The molecule has 0 atom stereocenters. The van der Waals surface area contributed by atoms with Crippen LogP contribution < -0.4 is 5.32 Å². The van der Waals surface area contributed by atoms with E-state index >= 15 is 0 Å². The Morgan fingerprint density at radius 1 is 1.12 bits per heavy atom. The lowest BCUT2D eigenvalue weighted by Gasteiger charge is -2.09. The van der Waals surface area contributed by atoms with Gasteiger partial charge < -0.3 is 10.1 Å². The summed E-state index contributed by atoms with van der Waals surface area (Å²) in [7, 11) is 0. The van der Waals surface area contributed by atoms with Crippen molar-refractivity contribution in [3.63, 3.8) is 0 Å². The fourth-order valence-corrected chi connectivity index (χ4v) is 3.29. The predicted molar refractivity (Wildman–Crippen MR) is 103 cm³/mol. The van der Waals surface area contributed by atoms with Crippen LogP contribution in [0.1, 0.15) is 45.8 Å². The molecule has 2 rings (SSSR count). The third kappa shape index (κ3) is 5.03. The van der Waals surface area contributed by atoms with E-state index in [9.17, 15) is 9.59 Å². The van der Waals surface area contributed by atoms with Crippen molar-refractivity contribution in [2.24, 2.45) is 0 Å². The Hall–Kier alpha value is -2.40. The summed E-state index contributed by atoms with van der Waals surface area (Å²) < 4.78 is 5.29. The number of benzene rings is 1. The van der Waals surface area contributed by atoms with Gasteiger partial charge in [-0.3, -0.25) is 4.79 Å². The fraction of sp³-hybridized carbons (Fsp3) is 0.300. The van der Waals surface area contributed by atoms with E-state index in [-0.39, 0.29) is 12.0 Å². The lowest BCUT2D eigenvalue weighted by Crippen LogP contribution is -2.15. The van der Waals surface area contributed by atoms with Crippen molar-refractivity contribution in [2.75, 3.05) is 5.32 Å². The van der Waals surface area contributed by atoms with E-state index in [0.29, 0.717) is 10.6 Å². The zero-order valence-corrected chi connectivity index (χ0v) is 16.0. The molecule has 25 heavy (non-hydrogen) atoms. The van der Waals surface area contributed by atoms with E-state index in [1.54, 1.807) is 19.9 Å². The Kier molecular flexibility index (Phi) is 6.15. The predicted octanol–water partition coefficient (Wildman–Crippen LogP) is 4.89. The molecule has 2 aromatic rings. The monoisotopic (exact) mass is 357 g/mol. The first-order chi connectivity index (χ1) is 11.8. The SMILES string of the molecule is Cc1ccc(/C=C/C(=O)Nc2sc(C)c(C)c2C(=O)OC(C)C)cc1. The van der Waals surface area contributed by atoms with Crippen molar-refractivity contribution < 1.29 is 14.3 Å². The van der Waals surface area contributed by atoms with Crippen molar-refractivity contribution in [2.45, 2.75) is 40.7 Å². The number of hydrogen-bond donors (Lipinski definition) is 1. The number of ether oxygens (including phenoxy) is 1. The van der Waals surface area contributed by atoms with E-state index in [1.165, 1.54) is 23.0 Å². The third-order valence-corrected chi connectivity index (χ3v) is 4.80. The molecule has 0 aliphatic rings. The molecule has 0 aliphatic heterocycles. The van der Waals surface area contributed by atoms with Crippen LogP contribution in [0.4, 0.5) is 5.00 Å². The van der Waals surface area contributed by atoms with Gasteiger partial charge in [-0.1, -0.05) is 29.8 Å². The quantitative estimate of drug-likeness (QED) is 0.612. The van der Waals surface area contributed by atoms with E-state index in [2.05, 4.69) is 5.32 Å². The fourth-order valence-electron chi connectivity index (χ4n) is 2.24. The molecule has 4 nitrogen and oxygen atoms in total. The molecule has 1 aromatic heterocycles. The maximum Gasteiger partial charge on any atom is 0.341 e. The number of amides is 1. The molecule has 0 bridgehead atoms. The van der Waals surface area contributed by atoms with Crippen LogP contribution in [0.5, 0.6) is 0 Å². The molecule has 0 unspecified atom stereocenters. The third-order valence-electron chi connectivity index (χ3n) is 3.67. The number of aryl methyl sites for hydroxylation is 2. The first-order valence-electron chi connectivity index (χ1n) is 8.14. The number of anilines is 1. The molecule has 5 heteroatoms. The minimum absolute atomic E-state index is 0.211. The molecule has 0 radical (unpaired) electrons. The minimum atomic E-state index is -0.408. The summed E-state index contributed by atoms with van der Waals surface area (Å²) in [4.78, 5) is 25.5. The summed E-state index contributed by atoms with van der Waals surface area (Å²) in [6.45, 7) is 9.40. The molecule has 0 aliphatic carbocycles. The molecular formula is C20H23NO3S. The molecule has 0 fully saturated rings. The van der Waals surface area contributed by atoms with E-state index < -0.39 is 5.97 Å². The number of hydrogen-bond acceptors (Lipinski definition) is 4. The Balaban J connectivity index is 2.16. The van der Waals surface area contributed by atoms with Crippen molar-refractivity contribution in [1.29, 1.82) is 0 Å². The molecule has 0 saturated carbocycles. The summed E-state index contributed by atoms with van der Waals surface area (Å²) in [5, 5.41) is 3.33. The van der Waals surface area contributed by atoms with Crippen LogP contribution in [-0.2, 0) is 9.53 Å². The highest BCUT2D eigenvalue weighted by molar-refractivity contribution is 7.16. The average molecular weight is 357 g/mol. The maximum absolute atomic E-state index is 12.3. The van der Waals surface area contributed by atoms with Crippen LogP contribution in [0.15, 0.2) is 30.3 Å². The Bertz CT molecular complexity index is 801. The normalized spacial score (nSPS) is 11.1. The molecule has 1 heterocycles. The van der Waals surface area contributed by atoms with Gasteiger partial charge in [-0.25, -0.2) is 4.79 Å². The van der Waals surface area contributed by atoms with Crippen LogP contribution in [0, 0.1) is 20.8 Å². The summed E-state index contributed by atoms with van der Waals surface area (Å²) in [5.41, 5.74) is 3.39. The van der Waals surface area contributed by atoms with Crippen molar-refractivity contribution in [3.05, 3.63) is 57.5 Å². The maximum atomic E-state index is 12.3.